The molecule has 0 spiro atoms. The number of sulfonamides is 1. The summed E-state index contributed by atoms with van der Waals surface area (Å²) >= 11 is 5.92. The van der Waals surface area contributed by atoms with Gasteiger partial charge in [-0.25, -0.2) is 8.42 Å². The summed E-state index contributed by atoms with van der Waals surface area (Å²) in [6.45, 7) is 7.40. The second kappa shape index (κ2) is 10.6. The van der Waals surface area contributed by atoms with Gasteiger partial charge in [-0.15, -0.1) is 0 Å². The predicted molar refractivity (Wildman–Crippen MR) is 133 cm³/mol. The number of benzene rings is 3. The molecule has 3 rings (SSSR count). The van der Waals surface area contributed by atoms with Gasteiger partial charge in [-0.1, -0.05) is 30.3 Å². The van der Waals surface area contributed by atoms with Gasteiger partial charge in [0.25, 0.3) is 10.0 Å². The molecule has 172 valence electrons. The largest absolute Gasteiger partial charge is 0.490 e. The minimum Gasteiger partial charge on any atom is -0.490 e. The summed E-state index contributed by atoms with van der Waals surface area (Å²) in [5, 5.41) is 3.16. The molecule has 0 aromatic heterocycles. The fourth-order valence-electron chi connectivity index (χ4n) is 3.05. The van der Waals surface area contributed by atoms with Gasteiger partial charge in [0.05, 0.1) is 10.6 Å². The van der Waals surface area contributed by atoms with Crippen molar-refractivity contribution in [1.29, 1.82) is 0 Å². The normalized spacial score (nSPS) is 11.0. The molecule has 0 bridgehead atoms. The van der Waals surface area contributed by atoms with Crippen LogP contribution in [0.5, 0.6) is 5.75 Å². The van der Waals surface area contributed by atoms with Gasteiger partial charge >= 0.3 is 0 Å². The summed E-state index contributed by atoms with van der Waals surface area (Å²) in [7, 11) is -4.02. The zero-order chi connectivity index (χ0) is 24.0. The molecule has 0 atom stereocenters. The number of nitrogens with one attached hydrogen (secondary N) is 1. The Morgan fingerprint density at radius 1 is 1.03 bits per heavy atom. The molecule has 0 fully saturated rings. The molecular formula is C25H25ClN2O4S. The van der Waals surface area contributed by atoms with Gasteiger partial charge in [-0.3, -0.25) is 9.10 Å². The molecule has 8 heteroatoms. The summed E-state index contributed by atoms with van der Waals surface area (Å²) in [6.07, 6.45) is 1.64. The van der Waals surface area contributed by atoms with Crippen molar-refractivity contribution in [1.82, 2.24) is 0 Å². The molecule has 1 amide bonds. The fraction of sp³-hybridized carbons (Fsp3) is 0.160. The van der Waals surface area contributed by atoms with E-state index < -0.39 is 22.5 Å². The standard InChI is InChI=1S/C25H25ClN2O4S/c1-4-15-32-23-11-8-21(9-12-23)27-25(29)17-28(22-10-5-18(2)19(3)16-22)33(30,31)24-13-6-20(26)7-14-24/h4-14,16H,1,15,17H2,2-3H3,(H,27,29). The lowest BCUT2D eigenvalue weighted by Gasteiger charge is -2.25. The lowest BCUT2D eigenvalue weighted by atomic mass is 10.1. The number of anilines is 2. The van der Waals surface area contributed by atoms with E-state index in [1.165, 1.54) is 24.3 Å². The van der Waals surface area contributed by atoms with Crippen molar-refractivity contribution < 1.29 is 17.9 Å². The Balaban J connectivity index is 1.87. The summed E-state index contributed by atoms with van der Waals surface area (Å²) in [6, 6.07) is 17.9. The van der Waals surface area contributed by atoms with Crippen LogP contribution < -0.4 is 14.4 Å². The maximum atomic E-state index is 13.5. The molecule has 3 aromatic carbocycles. The number of carbonyl (C=O) groups excluding carboxylic acids is 1. The molecule has 0 saturated heterocycles. The van der Waals surface area contributed by atoms with Crippen molar-refractivity contribution >= 4 is 38.9 Å². The van der Waals surface area contributed by atoms with Crippen LogP contribution in [0, 0.1) is 13.8 Å². The van der Waals surface area contributed by atoms with Gasteiger partial charge in [-0.05, 0) is 85.6 Å². The SMILES string of the molecule is C=CCOc1ccc(NC(=O)CN(c2ccc(C)c(C)c2)S(=O)(=O)c2ccc(Cl)cc2)cc1. The summed E-state index contributed by atoms with van der Waals surface area (Å²) in [5.74, 6) is 0.153. The van der Waals surface area contributed by atoms with Gasteiger partial charge in [0, 0.05) is 10.7 Å². The molecule has 0 heterocycles. The number of rotatable bonds is 9. The first-order valence-corrected chi connectivity index (χ1v) is 12.0. The molecule has 6 nitrogen and oxygen atoms in total. The van der Waals surface area contributed by atoms with E-state index in [1.807, 2.05) is 19.9 Å². The first-order chi connectivity index (χ1) is 15.7. The summed E-state index contributed by atoms with van der Waals surface area (Å²) < 4.78 is 33.4. The van der Waals surface area contributed by atoms with Crippen LogP contribution >= 0.6 is 11.6 Å². The third-order valence-corrected chi connectivity index (χ3v) is 7.01. The fourth-order valence-corrected chi connectivity index (χ4v) is 4.59. The molecule has 0 radical (unpaired) electrons. The van der Waals surface area contributed by atoms with E-state index in [4.69, 9.17) is 16.3 Å². The lowest BCUT2D eigenvalue weighted by Crippen LogP contribution is -2.38. The number of hydrogen-bond acceptors (Lipinski definition) is 4. The van der Waals surface area contributed by atoms with Gasteiger partial charge in [-0.2, -0.15) is 0 Å². The zero-order valence-electron chi connectivity index (χ0n) is 18.4. The summed E-state index contributed by atoms with van der Waals surface area (Å²) in [5.41, 5.74) is 2.86. The highest BCUT2D eigenvalue weighted by Gasteiger charge is 2.27. The van der Waals surface area contributed by atoms with E-state index in [9.17, 15) is 13.2 Å². The van der Waals surface area contributed by atoms with Crippen molar-refractivity contribution in [2.45, 2.75) is 18.7 Å². The Kier molecular flexibility index (Phi) is 7.79. The number of halogens is 1. The van der Waals surface area contributed by atoms with E-state index >= 15 is 0 Å². The number of hydrogen-bond donors (Lipinski definition) is 1. The number of amides is 1. The maximum Gasteiger partial charge on any atom is 0.264 e. The van der Waals surface area contributed by atoms with Crippen LogP contribution in [0.2, 0.25) is 5.02 Å². The number of nitrogens with zero attached hydrogens (tertiary/aromatic N) is 1. The van der Waals surface area contributed by atoms with Crippen LogP contribution in [0.25, 0.3) is 0 Å². The molecule has 0 aliphatic rings. The first kappa shape index (κ1) is 24.4. The number of ether oxygens (including phenoxy) is 1. The molecule has 33 heavy (non-hydrogen) atoms. The highest BCUT2D eigenvalue weighted by atomic mass is 35.5. The third-order valence-electron chi connectivity index (χ3n) is 4.97. The van der Waals surface area contributed by atoms with Crippen molar-refractivity contribution in [3.05, 3.63) is 95.5 Å². The van der Waals surface area contributed by atoms with Crippen LogP contribution in [-0.2, 0) is 14.8 Å². The average Bonchev–Trinajstić information content (AvgIpc) is 2.79. The zero-order valence-corrected chi connectivity index (χ0v) is 20.0. The number of aryl methyl sites for hydroxylation is 2. The van der Waals surface area contributed by atoms with Gasteiger partial charge < -0.3 is 10.1 Å². The van der Waals surface area contributed by atoms with Gasteiger partial charge in [0.15, 0.2) is 0 Å². The number of carbonyl (C=O) groups is 1. The van der Waals surface area contributed by atoms with Crippen molar-refractivity contribution in [2.75, 3.05) is 22.8 Å². The Bertz CT molecular complexity index is 1240. The second-order valence-corrected chi connectivity index (χ2v) is 9.71. The molecule has 3 aromatic rings. The third kappa shape index (κ3) is 6.15. The van der Waals surface area contributed by atoms with Crippen LogP contribution in [-0.4, -0.2) is 27.5 Å². The van der Waals surface area contributed by atoms with E-state index in [0.29, 0.717) is 28.8 Å². The Morgan fingerprint density at radius 3 is 2.30 bits per heavy atom. The van der Waals surface area contributed by atoms with E-state index in [0.717, 1.165) is 15.4 Å². The topological polar surface area (TPSA) is 75.7 Å². The quantitative estimate of drug-likeness (QED) is 0.415. The van der Waals surface area contributed by atoms with Crippen LogP contribution in [0.3, 0.4) is 0 Å². The van der Waals surface area contributed by atoms with Crippen LogP contribution in [0.1, 0.15) is 11.1 Å². The lowest BCUT2D eigenvalue weighted by molar-refractivity contribution is -0.114. The molecule has 0 aliphatic heterocycles. The van der Waals surface area contributed by atoms with Crippen LogP contribution in [0.4, 0.5) is 11.4 Å². The Hall–Kier alpha value is -3.29. The smallest absolute Gasteiger partial charge is 0.264 e. The summed E-state index contributed by atoms with van der Waals surface area (Å²) in [4.78, 5) is 12.9. The van der Waals surface area contributed by atoms with Crippen LogP contribution in [0.15, 0.2) is 84.3 Å². The first-order valence-electron chi connectivity index (χ1n) is 10.2. The minimum atomic E-state index is -4.02. The molecule has 0 saturated carbocycles. The van der Waals surface area contributed by atoms with E-state index in [1.54, 1.807) is 42.5 Å². The van der Waals surface area contributed by atoms with E-state index in [-0.39, 0.29) is 4.90 Å². The minimum absolute atomic E-state index is 0.0432. The maximum absolute atomic E-state index is 13.5. The second-order valence-electron chi connectivity index (χ2n) is 7.41. The molecule has 0 unspecified atom stereocenters. The highest BCUT2D eigenvalue weighted by Crippen LogP contribution is 2.27. The average molecular weight is 485 g/mol. The van der Waals surface area contributed by atoms with Crippen molar-refractivity contribution in [3.63, 3.8) is 0 Å². The van der Waals surface area contributed by atoms with E-state index in [2.05, 4.69) is 11.9 Å². The molecule has 1 N–H and O–H groups in total. The van der Waals surface area contributed by atoms with Gasteiger partial charge in [0.1, 0.15) is 18.9 Å². The molecule has 0 aliphatic carbocycles. The van der Waals surface area contributed by atoms with Crippen molar-refractivity contribution in [2.24, 2.45) is 0 Å². The Morgan fingerprint density at radius 2 is 1.70 bits per heavy atom. The van der Waals surface area contributed by atoms with Gasteiger partial charge in [0.2, 0.25) is 5.91 Å². The molecular weight excluding hydrogens is 460 g/mol. The Labute approximate surface area is 199 Å². The predicted octanol–water partition coefficient (Wildman–Crippen LogP) is 5.36. The van der Waals surface area contributed by atoms with Crippen molar-refractivity contribution in [3.8, 4) is 5.75 Å². The monoisotopic (exact) mass is 484 g/mol. The highest BCUT2D eigenvalue weighted by molar-refractivity contribution is 7.92.